The Bertz CT molecular complexity index is 1550. The number of fused-ring (bicyclic) bond motifs is 3. The molecule has 1 nitrogen and oxygen atoms in total. The van der Waals surface area contributed by atoms with E-state index in [1.165, 1.54) is 33.4 Å². The maximum Gasteiger partial charge on any atom is 0.136 e. The first-order valence-electron chi connectivity index (χ1n) is 10.9. The highest BCUT2D eigenvalue weighted by Crippen LogP contribution is 2.33. The van der Waals surface area contributed by atoms with Gasteiger partial charge < -0.3 is 4.42 Å². The summed E-state index contributed by atoms with van der Waals surface area (Å²) in [7, 11) is 0. The van der Waals surface area contributed by atoms with Crippen molar-refractivity contribution in [2.45, 2.75) is 6.92 Å². The van der Waals surface area contributed by atoms with Crippen molar-refractivity contribution < 1.29 is 4.42 Å². The molecule has 0 saturated carbocycles. The summed E-state index contributed by atoms with van der Waals surface area (Å²) in [6, 6.07) is 40.8. The van der Waals surface area contributed by atoms with Crippen molar-refractivity contribution in [3.63, 3.8) is 0 Å². The van der Waals surface area contributed by atoms with Crippen molar-refractivity contribution in [1.82, 2.24) is 0 Å². The summed E-state index contributed by atoms with van der Waals surface area (Å²) in [6.07, 6.45) is 0. The summed E-state index contributed by atoms with van der Waals surface area (Å²) in [4.78, 5) is 0. The van der Waals surface area contributed by atoms with Gasteiger partial charge in [-0.3, -0.25) is 0 Å². The number of hydrogen-bond acceptors (Lipinski definition) is 1. The standard InChI is InChI=1S/C31H22O/c1-21-17-26(22-7-3-2-4-8-22)19-27(18-21)24-13-11-23(12-14-24)25-15-16-29-28-9-5-6-10-30(28)32-31(29)20-25/h2-20H,1H3. The Balaban J connectivity index is 1.36. The van der Waals surface area contributed by atoms with Gasteiger partial charge in [-0.2, -0.15) is 0 Å². The van der Waals surface area contributed by atoms with Crippen LogP contribution in [0.3, 0.4) is 0 Å². The van der Waals surface area contributed by atoms with E-state index in [-0.39, 0.29) is 0 Å². The maximum atomic E-state index is 6.08. The number of aryl methyl sites for hydroxylation is 1. The molecular formula is C31H22O. The number of furan rings is 1. The summed E-state index contributed by atoms with van der Waals surface area (Å²) in [6.45, 7) is 2.16. The minimum Gasteiger partial charge on any atom is -0.456 e. The second-order valence-electron chi connectivity index (χ2n) is 8.34. The summed E-state index contributed by atoms with van der Waals surface area (Å²) in [5, 5.41) is 2.33. The van der Waals surface area contributed by atoms with E-state index in [4.69, 9.17) is 4.42 Å². The second-order valence-corrected chi connectivity index (χ2v) is 8.34. The van der Waals surface area contributed by atoms with Gasteiger partial charge in [0.15, 0.2) is 0 Å². The molecule has 1 heteroatoms. The molecule has 32 heavy (non-hydrogen) atoms. The molecule has 1 heterocycles. The van der Waals surface area contributed by atoms with Crippen LogP contribution >= 0.6 is 0 Å². The first-order chi connectivity index (χ1) is 15.7. The Morgan fingerprint density at radius 1 is 0.406 bits per heavy atom. The first-order valence-corrected chi connectivity index (χ1v) is 10.9. The number of para-hydroxylation sites is 1. The van der Waals surface area contributed by atoms with Crippen LogP contribution in [0.15, 0.2) is 120 Å². The van der Waals surface area contributed by atoms with Crippen LogP contribution in [0.25, 0.3) is 55.3 Å². The van der Waals surface area contributed by atoms with Crippen molar-refractivity contribution in [2.75, 3.05) is 0 Å². The molecule has 6 aromatic rings. The fourth-order valence-electron chi connectivity index (χ4n) is 4.51. The average Bonchev–Trinajstić information content (AvgIpc) is 3.22. The van der Waals surface area contributed by atoms with Crippen molar-refractivity contribution in [3.8, 4) is 33.4 Å². The van der Waals surface area contributed by atoms with E-state index >= 15 is 0 Å². The summed E-state index contributed by atoms with van der Waals surface area (Å²) < 4.78 is 6.08. The van der Waals surface area contributed by atoms with E-state index in [9.17, 15) is 0 Å². The van der Waals surface area contributed by atoms with Gasteiger partial charge in [0.1, 0.15) is 11.2 Å². The minimum absolute atomic E-state index is 0.930. The molecule has 0 bridgehead atoms. The van der Waals surface area contributed by atoms with Crippen LogP contribution in [0.4, 0.5) is 0 Å². The molecule has 5 aromatic carbocycles. The van der Waals surface area contributed by atoms with Crippen LogP contribution in [-0.4, -0.2) is 0 Å². The molecule has 0 amide bonds. The van der Waals surface area contributed by atoms with Crippen molar-refractivity contribution in [2.24, 2.45) is 0 Å². The van der Waals surface area contributed by atoms with Crippen LogP contribution in [-0.2, 0) is 0 Å². The van der Waals surface area contributed by atoms with Crippen molar-refractivity contribution in [3.05, 3.63) is 121 Å². The van der Waals surface area contributed by atoms with Crippen LogP contribution < -0.4 is 0 Å². The fourth-order valence-corrected chi connectivity index (χ4v) is 4.51. The van der Waals surface area contributed by atoms with Crippen LogP contribution in [0.1, 0.15) is 5.56 Å². The lowest BCUT2D eigenvalue weighted by molar-refractivity contribution is 0.669. The number of hydrogen-bond donors (Lipinski definition) is 0. The van der Waals surface area contributed by atoms with E-state index in [1.807, 2.05) is 12.1 Å². The molecule has 0 radical (unpaired) electrons. The quantitative estimate of drug-likeness (QED) is 0.284. The second kappa shape index (κ2) is 7.55. The minimum atomic E-state index is 0.930. The summed E-state index contributed by atoms with van der Waals surface area (Å²) >= 11 is 0. The Kier molecular flexibility index (Phi) is 4.40. The average molecular weight is 411 g/mol. The molecule has 0 atom stereocenters. The lowest BCUT2D eigenvalue weighted by Crippen LogP contribution is -1.85. The smallest absolute Gasteiger partial charge is 0.136 e. The number of rotatable bonds is 3. The number of benzene rings is 5. The zero-order valence-corrected chi connectivity index (χ0v) is 17.9. The van der Waals surface area contributed by atoms with Crippen LogP contribution in [0, 0.1) is 6.92 Å². The fraction of sp³-hybridized carbons (Fsp3) is 0.0323. The Morgan fingerprint density at radius 3 is 1.72 bits per heavy atom. The molecular weight excluding hydrogens is 388 g/mol. The SMILES string of the molecule is Cc1cc(-c2ccccc2)cc(-c2ccc(-c3ccc4c(c3)oc3ccccc34)cc2)c1. The van der Waals surface area contributed by atoms with E-state index in [1.54, 1.807) is 0 Å². The van der Waals surface area contributed by atoms with Gasteiger partial charge in [-0.15, -0.1) is 0 Å². The molecule has 1 aromatic heterocycles. The van der Waals surface area contributed by atoms with E-state index in [0.29, 0.717) is 0 Å². The third-order valence-electron chi connectivity index (χ3n) is 6.11. The Hall–Kier alpha value is -4.10. The monoisotopic (exact) mass is 410 g/mol. The van der Waals surface area contributed by atoms with E-state index in [2.05, 4.69) is 110 Å². The molecule has 0 aliphatic carbocycles. The third kappa shape index (κ3) is 3.29. The lowest BCUT2D eigenvalue weighted by atomic mass is 9.95. The molecule has 0 spiro atoms. The van der Waals surface area contributed by atoms with Gasteiger partial charge in [0, 0.05) is 10.8 Å². The van der Waals surface area contributed by atoms with E-state index < -0.39 is 0 Å². The van der Waals surface area contributed by atoms with Crippen molar-refractivity contribution in [1.29, 1.82) is 0 Å². The van der Waals surface area contributed by atoms with Crippen molar-refractivity contribution >= 4 is 21.9 Å². The summed E-state index contributed by atoms with van der Waals surface area (Å²) in [5.41, 5.74) is 10.4. The van der Waals surface area contributed by atoms with Crippen LogP contribution in [0.2, 0.25) is 0 Å². The van der Waals surface area contributed by atoms with Gasteiger partial charge in [-0.1, -0.05) is 91.0 Å². The first kappa shape index (κ1) is 18.7. The summed E-state index contributed by atoms with van der Waals surface area (Å²) in [5.74, 6) is 0. The molecule has 0 aliphatic heterocycles. The molecule has 6 rings (SSSR count). The Labute approximate surface area is 187 Å². The van der Waals surface area contributed by atoms with Crippen LogP contribution in [0.5, 0.6) is 0 Å². The predicted molar refractivity (Wildman–Crippen MR) is 135 cm³/mol. The molecule has 0 unspecified atom stereocenters. The highest BCUT2D eigenvalue weighted by atomic mass is 16.3. The topological polar surface area (TPSA) is 13.1 Å². The largest absolute Gasteiger partial charge is 0.456 e. The highest BCUT2D eigenvalue weighted by molar-refractivity contribution is 6.05. The van der Waals surface area contributed by atoms with Gasteiger partial charge in [0.25, 0.3) is 0 Å². The van der Waals surface area contributed by atoms with E-state index in [0.717, 1.165) is 27.5 Å². The normalized spacial score (nSPS) is 11.3. The lowest BCUT2D eigenvalue weighted by Gasteiger charge is -2.10. The van der Waals surface area contributed by atoms with Gasteiger partial charge in [0.2, 0.25) is 0 Å². The van der Waals surface area contributed by atoms with Gasteiger partial charge in [0.05, 0.1) is 0 Å². The molecule has 0 fully saturated rings. The van der Waals surface area contributed by atoms with Gasteiger partial charge >= 0.3 is 0 Å². The molecule has 0 saturated heterocycles. The van der Waals surface area contributed by atoms with Gasteiger partial charge in [-0.25, -0.2) is 0 Å². The zero-order chi connectivity index (χ0) is 21.5. The molecule has 0 aliphatic rings. The third-order valence-corrected chi connectivity index (χ3v) is 6.11. The zero-order valence-electron chi connectivity index (χ0n) is 17.9. The highest BCUT2D eigenvalue weighted by Gasteiger charge is 2.09. The van der Waals surface area contributed by atoms with Gasteiger partial charge in [-0.05, 0) is 70.1 Å². The molecule has 152 valence electrons. The maximum absolute atomic E-state index is 6.08. The molecule has 0 N–H and O–H groups in total. The Morgan fingerprint density at radius 2 is 0.969 bits per heavy atom. The predicted octanol–water partition coefficient (Wildman–Crippen LogP) is 8.90.